The van der Waals surface area contributed by atoms with Gasteiger partial charge in [0.25, 0.3) is 0 Å². The minimum atomic E-state index is -0.494. The van der Waals surface area contributed by atoms with Crippen LogP contribution in [0.2, 0.25) is 0 Å². The van der Waals surface area contributed by atoms with E-state index in [4.69, 9.17) is 9.47 Å². The van der Waals surface area contributed by atoms with Gasteiger partial charge < -0.3 is 14.8 Å². The van der Waals surface area contributed by atoms with E-state index >= 15 is 0 Å². The van der Waals surface area contributed by atoms with E-state index in [1.807, 2.05) is 43.3 Å². The van der Waals surface area contributed by atoms with E-state index in [1.54, 1.807) is 18.2 Å². The smallest absolute Gasteiger partial charge is 0.412 e. The average Bonchev–Trinajstić information content (AvgIpc) is 2.42. The zero-order valence-corrected chi connectivity index (χ0v) is 10.6. The van der Waals surface area contributed by atoms with Crippen LogP contribution in [0.5, 0.6) is 17.2 Å². The van der Waals surface area contributed by atoms with E-state index in [2.05, 4.69) is 5.32 Å². The van der Waals surface area contributed by atoms with Crippen molar-refractivity contribution in [3.05, 3.63) is 54.6 Å². The zero-order chi connectivity index (χ0) is 13.5. The third kappa shape index (κ3) is 3.74. The molecule has 0 spiro atoms. The van der Waals surface area contributed by atoms with Crippen LogP contribution in [0.15, 0.2) is 54.6 Å². The van der Waals surface area contributed by atoms with Crippen molar-refractivity contribution in [2.75, 3.05) is 6.54 Å². The molecule has 4 nitrogen and oxygen atoms in total. The molecule has 2 aromatic rings. The summed E-state index contributed by atoms with van der Waals surface area (Å²) in [6.07, 6.45) is -0.494. The highest BCUT2D eigenvalue weighted by Gasteiger charge is 2.09. The maximum Gasteiger partial charge on any atom is 0.412 e. The zero-order valence-electron chi connectivity index (χ0n) is 10.6. The fourth-order valence-electron chi connectivity index (χ4n) is 1.51. The third-order valence-electron chi connectivity index (χ3n) is 2.34. The van der Waals surface area contributed by atoms with Crippen LogP contribution in [0.1, 0.15) is 6.92 Å². The average molecular weight is 257 g/mol. The quantitative estimate of drug-likeness (QED) is 0.910. The minimum absolute atomic E-state index is 0.386. The molecule has 1 N–H and O–H groups in total. The molecule has 19 heavy (non-hydrogen) atoms. The van der Waals surface area contributed by atoms with Crippen molar-refractivity contribution < 1.29 is 14.3 Å². The molecule has 2 aromatic carbocycles. The van der Waals surface area contributed by atoms with Crippen LogP contribution in [0.3, 0.4) is 0 Å². The molecule has 1 amide bonds. The Bertz CT molecular complexity index is 540. The summed E-state index contributed by atoms with van der Waals surface area (Å²) in [5.41, 5.74) is 0. The second-order valence-electron chi connectivity index (χ2n) is 3.78. The van der Waals surface area contributed by atoms with Gasteiger partial charge in [-0.3, -0.25) is 0 Å². The van der Waals surface area contributed by atoms with Crippen molar-refractivity contribution in [3.63, 3.8) is 0 Å². The van der Waals surface area contributed by atoms with Gasteiger partial charge in [-0.05, 0) is 31.2 Å². The van der Waals surface area contributed by atoms with E-state index in [-0.39, 0.29) is 0 Å². The van der Waals surface area contributed by atoms with Gasteiger partial charge in [-0.1, -0.05) is 30.3 Å². The highest BCUT2D eigenvalue weighted by molar-refractivity contribution is 5.71. The Morgan fingerprint density at radius 3 is 2.32 bits per heavy atom. The van der Waals surface area contributed by atoms with Crippen molar-refractivity contribution in [1.29, 1.82) is 0 Å². The number of carbonyl (C=O) groups excluding carboxylic acids is 1. The number of rotatable bonds is 4. The number of hydrogen-bond donors (Lipinski definition) is 1. The van der Waals surface area contributed by atoms with E-state index in [1.165, 1.54) is 0 Å². The molecule has 4 heteroatoms. The molecule has 98 valence electrons. The summed E-state index contributed by atoms with van der Waals surface area (Å²) >= 11 is 0. The lowest BCUT2D eigenvalue weighted by atomic mass is 10.3. The molecule has 2 rings (SSSR count). The Morgan fingerprint density at radius 1 is 1.00 bits per heavy atom. The normalized spacial score (nSPS) is 9.74. The van der Waals surface area contributed by atoms with E-state index in [0.29, 0.717) is 23.8 Å². The van der Waals surface area contributed by atoms with Gasteiger partial charge in [0.1, 0.15) is 5.75 Å². The maximum atomic E-state index is 11.4. The van der Waals surface area contributed by atoms with Gasteiger partial charge in [-0.15, -0.1) is 0 Å². The second kappa shape index (κ2) is 6.44. The number of nitrogens with one attached hydrogen (secondary N) is 1. The molecule has 0 radical (unpaired) electrons. The summed E-state index contributed by atoms with van der Waals surface area (Å²) in [4.78, 5) is 11.4. The van der Waals surface area contributed by atoms with Crippen LogP contribution >= 0.6 is 0 Å². The Balaban J connectivity index is 2.14. The van der Waals surface area contributed by atoms with Crippen LogP contribution in [0.4, 0.5) is 4.79 Å². The highest BCUT2D eigenvalue weighted by Crippen LogP contribution is 2.31. The van der Waals surface area contributed by atoms with Crippen molar-refractivity contribution in [3.8, 4) is 17.2 Å². The third-order valence-corrected chi connectivity index (χ3v) is 2.34. The highest BCUT2D eigenvalue weighted by atomic mass is 16.6. The molecule has 0 aliphatic carbocycles. The molecule has 0 aliphatic heterocycles. The second-order valence-corrected chi connectivity index (χ2v) is 3.78. The monoisotopic (exact) mass is 257 g/mol. The lowest BCUT2D eigenvalue weighted by molar-refractivity contribution is 0.199. The number of hydrogen-bond acceptors (Lipinski definition) is 3. The van der Waals surface area contributed by atoms with Crippen molar-refractivity contribution in [1.82, 2.24) is 5.32 Å². The van der Waals surface area contributed by atoms with Crippen LogP contribution < -0.4 is 14.8 Å². The summed E-state index contributed by atoms with van der Waals surface area (Å²) in [5.74, 6) is 1.58. The van der Waals surface area contributed by atoms with Gasteiger partial charge in [0, 0.05) is 6.54 Å². The minimum Gasteiger partial charge on any atom is -0.453 e. The number of para-hydroxylation sites is 3. The largest absolute Gasteiger partial charge is 0.453 e. The van der Waals surface area contributed by atoms with Crippen LogP contribution in [-0.4, -0.2) is 12.6 Å². The Hall–Kier alpha value is -2.49. The first-order valence-electron chi connectivity index (χ1n) is 6.07. The lowest BCUT2D eigenvalue weighted by Crippen LogP contribution is -2.26. The predicted octanol–water partition coefficient (Wildman–Crippen LogP) is 3.59. The first-order valence-corrected chi connectivity index (χ1v) is 6.07. The van der Waals surface area contributed by atoms with E-state index < -0.39 is 6.09 Å². The molecule has 0 saturated heterocycles. The Morgan fingerprint density at radius 2 is 1.63 bits per heavy atom. The molecule has 0 aromatic heterocycles. The van der Waals surface area contributed by atoms with Crippen LogP contribution in [-0.2, 0) is 0 Å². The lowest BCUT2D eigenvalue weighted by Gasteiger charge is -2.11. The van der Waals surface area contributed by atoms with Crippen LogP contribution in [0, 0.1) is 0 Å². The number of benzene rings is 2. The molecule has 0 unspecified atom stereocenters. The fraction of sp³-hybridized carbons (Fsp3) is 0.133. The van der Waals surface area contributed by atoms with Gasteiger partial charge in [0.2, 0.25) is 0 Å². The summed E-state index contributed by atoms with van der Waals surface area (Å²) in [5, 5.41) is 2.57. The first-order chi connectivity index (χ1) is 9.29. The summed E-state index contributed by atoms with van der Waals surface area (Å²) in [6, 6.07) is 16.4. The SMILES string of the molecule is CCNC(=O)Oc1ccccc1Oc1ccccc1. The number of carbonyl (C=O) groups is 1. The Kier molecular flexibility index (Phi) is 4.39. The number of ether oxygens (including phenoxy) is 2. The molecule has 0 bridgehead atoms. The maximum absolute atomic E-state index is 11.4. The topological polar surface area (TPSA) is 47.6 Å². The van der Waals surface area contributed by atoms with E-state index in [9.17, 15) is 4.79 Å². The summed E-state index contributed by atoms with van der Waals surface area (Å²) in [7, 11) is 0. The Labute approximate surface area is 112 Å². The van der Waals surface area contributed by atoms with Crippen LogP contribution in [0.25, 0.3) is 0 Å². The molecule has 0 fully saturated rings. The summed E-state index contributed by atoms with van der Waals surface area (Å²) in [6.45, 7) is 2.34. The molecule has 0 heterocycles. The van der Waals surface area contributed by atoms with Crippen molar-refractivity contribution >= 4 is 6.09 Å². The van der Waals surface area contributed by atoms with Crippen molar-refractivity contribution in [2.24, 2.45) is 0 Å². The predicted molar refractivity (Wildman–Crippen MR) is 72.7 cm³/mol. The molecule has 0 aliphatic rings. The molecular formula is C15H15NO3. The fourth-order valence-corrected chi connectivity index (χ4v) is 1.51. The molecular weight excluding hydrogens is 242 g/mol. The summed E-state index contributed by atoms with van der Waals surface area (Å²) < 4.78 is 10.9. The molecule has 0 saturated carbocycles. The van der Waals surface area contributed by atoms with Gasteiger partial charge >= 0.3 is 6.09 Å². The standard InChI is InChI=1S/C15H15NO3/c1-2-16-15(17)19-14-11-7-6-10-13(14)18-12-8-4-3-5-9-12/h3-11H,2H2,1H3,(H,16,17). The van der Waals surface area contributed by atoms with Crippen molar-refractivity contribution in [2.45, 2.75) is 6.92 Å². The van der Waals surface area contributed by atoms with Gasteiger partial charge in [0.15, 0.2) is 11.5 Å². The molecule has 0 atom stereocenters. The van der Waals surface area contributed by atoms with Gasteiger partial charge in [0.05, 0.1) is 0 Å². The van der Waals surface area contributed by atoms with Gasteiger partial charge in [-0.25, -0.2) is 4.79 Å². The first kappa shape index (κ1) is 13.0. The number of amides is 1. The van der Waals surface area contributed by atoms with E-state index in [0.717, 1.165) is 0 Å². The van der Waals surface area contributed by atoms with Gasteiger partial charge in [-0.2, -0.15) is 0 Å².